The predicted octanol–water partition coefficient (Wildman–Crippen LogP) is 3.00. The van der Waals surface area contributed by atoms with Crippen LogP contribution in [0.2, 0.25) is 0 Å². The van der Waals surface area contributed by atoms with E-state index in [4.69, 9.17) is 4.42 Å². The number of benzene rings is 1. The molecule has 3 heterocycles. The molecule has 1 aliphatic rings. The SMILES string of the molecule is CCc1nc2c(N3CCC(C(O)Cc4ccccc4)CC3)ncnc2o1. The van der Waals surface area contributed by atoms with Gasteiger partial charge >= 0.3 is 0 Å². The van der Waals surface area contributed by atoms with Crippen molar-refractivity contribution in [3.05, 3.63) is 48.1 Å². The Morgan fingerprint density at radius 3 is 2.69 bits per heavy atom. The van der Waals surface area contributed by atoms with Crippen LogP contribution in [-0.2, 0) is 12.8 Å². The van der Waals surface area contributed by atoms with E-state index in [0.717, 1.165) is 43.7 Å². The van der Waals surface area contributed by atoms with E-state index in [1.165, 1.54) is 5.56 Å². The van der Waals surface area contributed by atoms with Crippen molar-refractivity contribution >= 4 is 17.0 Å². The van der Waals surface area contributed by atoms with Crippen molar-refractivity contribution in [1.82, 2.24) is 15.0 Å². The number of aromatic nitrogens is 3. The fourth-order valence-electron chi connectivity index (χ4n) is 3.69. The van der Waals surface area contributed by atoms with Gasteiger partial charge in [-0.15, -0.1) is 0 Å². The van der Waals surface area contributed by atoms with Crippen LogP contribution in [0.15, 0.2) is 41.1 Å². The maximum Gasteiger partial charge on any atom is 0.252 e. The number of aliphatic hydroxyl groups excluding tert-OH is 1. The van der Waals surface area contributed by atoms with Gasteiger partial charge in [-0.3, -0.25) is 0 Å². The summed E-state index contributed by atoms with van der Waals surface area (Å²) in [6.07, 6.45) is 4.58. The van der Waals surface area contributed by atoms with Gasteiger partial charge in [0.25, 0.3) is 5.71 Å². The highest BCUT2D eigenvalue weighted by atomic mass is 16.4. The molecule has 1 aromatic carbocycles. The maximum atomic E-state index is 10.6. The number of oxazole rings is 1. The average Bonchev–Trinajstić information content (AvgIpc) is 3.12. The normalized spacial score (nSPS) is 16.9. The maximum absolute atomic E-state index is 10.6. The Morgan fingerprint density at radius 2 is 1.96 bits per heavy atom. The molecular weight excluding hydrogens is 328 g/mol. The standard InChI is InChI=1S/C20H24N4O2/c1-2-17-23-18-19(21-13-22-20(18)26-17)24-10-8-15(9-11-24)16(25)12-14-6-4-3-5-7-14/h3-7,13,15-16,25H,2,8-12H2,1H3. The minimum Gasteiger partial charge on any atom is -0.422 e. The van der Waals surface area contributed by atoms with E-state index < -0.39 is 0 Å². The molecular formula is C20H24N4O2. The minimum atomic E-state index is -0.302. The molecule has 1 unspecified atom stereocenters. The number of hydrogen-bond acceptors (Lipinski definition) is 6. The van der Waals surface area contributed by atoms with Crippen molar-refractivity contribution in [2.75, 3.05) is 18.0 Å². The summed E-state index contributed by atoms with van der Waals surface area (Å²) < 4.78 is 5.65. The van der Waals surface area contributed by atoms with Gasteiger partial charge in [-0.05, 0) is 30.7 Å². The summed E-state index contributed by atoms with van der Waals surface area (Å²) in [5.41, 5.74) is 2.49. The number of aliphatic hydroxyl groups is 1. The van der Waals surface area contributed by atoms with Crippen molar-refractivity contribution in [1.29, 1.82) is 0 Å². The number of anilines is 1. The van der Waals surface area contributed by atoms with E-state index in [2.05, 4.69) is 32.0 Å². The summed E-state index contributed by atoms with van der Waals surface area (Å²) in [6.45, 7) is 3.73. The molecule has 1 fully saturated rings. The first-order chi connectivity index (χ1) is 12.7. The molecule has 1 saturated heterocycles. The molecule has 0 radical (unpaired) electrons. The number of rotatable bonds is 5. The van der Waals surface area contributed by atoms with Gasteiger partial charge in [0.05, 0.1) is 6.10 Å². The van der Waals surface area contributed by atoms with Crippen molar-refractivity contribution < 1.29 is 9.52 Å². The van der Waals surface area contributed by atoms with Gasteiger partial charge in [0, 0.05) is 19.5 Å². The molecule has 0 aliphatic carbocycles. The van der Waals surface area contributed by atoms with E-state index in [9.17, 15) is 5.11 Å². The first-order valence-corrected chi connectivity index (χ1v) is 9.32. The third-order valence-corrected chi connectivity index (χ3v) is 5.19. The van der Waals surface area contributed by atoms with Gasteiger partial charge in [-0.25, -0.2) is 9.97 Å². The number of nitrogens with zero attached hydrogens (tertiary/aromatic N) is 4. The Bertz CT molecular complexity index is 857. The second kappa shape index (κ2) is 7.41. The zero-order chi connectivity index (χ0) is 17.9. The van der Waals surface area contributed by atoms with Gasteiger partial charge in [0.1, 0.15) is 6.33 Å². The van der Waals surface area contributed by atoms with Gasteiger partial charge < -0.3 is 14.4 Å². The van der Waals surface area contributed by atoms with Crippen LogP contribution in [0.4, 0.5) is 5.82 Å². The predicted molar refractivity (Wildman–Crippen MR) is 100 cm³/mol. The van der Waals surface area contributed by atoms with E-state index in [1.807, 2.05) is 25.1 Å². The Kier molecular flexibility index (Phi) is 4.84. The third kappa shape index (κ3) is 3.42. The third-order valence-electron chi connectivity index (χ3n) is 5.19. The monoisotopic (exact) mass is 352 g/mol. The topological polar surface area (TPSA) is 75.3 Å². The van der Waals surface area contributed by atoms with Gasteiger partial charge in [-0.1, -0.05) is 37.3 Å². The molecule has 2 aromatic heterocycles. The summed E-state index contributed by atoms with van der Waals surface area (Å²) in [6, 6.07) is 10.2. The number of fused-ring (bicyclic) bond motifs is 1. The first-order valence-electron chi connectivity index (χ1n) is 9.32. The molecule has 6 heteroatoms. The summed E-state index contributed by atoms with van der Waals surface area (Å²) in [7, 11) is 0. The lowest BCUT2D eigenvalue weighted by Gasteiger charge is -2.34. The van der Waals surface area contributed by atoms with Crippen molar-refractivity contribution in [2.45, 2.75) is 38.7 Å². The molecule has 3 aromatic rings. The van der Waals surface area contributed by atoms with Crippen LogP contribution in [0.3, 0.4) is 0 Å². The summed E-state index contributed by atoms with van der Waals surface area (Å²) in [5, 5.41) is 10.6. The van der Waals surface area contributed by atoms with Crippen LogP contribution in [0, 0.1) is 5.92 Å². The number of piperidine rings is 1. The van der Waals surface area contributed by atoms with Crippen LogP contribution in [-0.4, -0.2) is 39.3 Å². The van der Waals surface area contributed by atoms with E-state index in [0.29, 0.717) is 23.9 Å². The summed E-state index contributed by atoms with van der Waals surface area (Å²) >= 11 is 0. The van der Waals surface area contributed by atoms with Gasteiger partial charge in [-0.2, -0.15) is 4.98 Å². The zero-order valence-corrected chi connectivity index (χ0v) is 15.0. The first kappa shape index (κ1) is 17.0. The van der Waals surface area contributed by atoms with E-state index in [-0.39, 0.29) is 6.10 Å². The molecule has 6 nitrogen and oxygen atoms in total. The molecule has 1 N–H and O–H groups in total. The smallest absolute Gasteiger partial charge is 0.252 e. The second-order valence-electron chi connectivity index (χ2n) is 6.89. The molecule has 136 valence electrons. The lowest BCUT2D eigenvalue weighted by atomic mass is 9.88. The molecule has 1 atom stereocenters. The molecule has 0 saturated carbocycles. The molecule has 26 heavy (non-hydrogen) atoms. The summed E-state index contributed by atoms with van der Waals surface area (Å²) in [4.78, 5) is 15.4. The number of aryl methyl sites for hydroxylation is 1. The molecule has 0 amide bonds. The van der Waals surface area contributed by atoms with Crippen LogP contribution < -0.4 is 4.90 Å². The van der Waals surface area contributed by atoms with Gasteiger partial charge in [0.2, 0.25) is 0 Å². The minimum absolute atomic E-state index is 0.302. The van der Waals surface area contributed by atoms with Gasteiger partial charge in [0.15, 0.2) is 17.2 Å². The molecule has 0 bridgehead atoms. The zero-order valence-electron chi connectivity index (χ0n) is 15.0. The Balaban J connectivity index is 1.43. The van der Waals surface area contributed by atoms with Crippen LogP contribution in [0.1, 0.15) is 31.2 Å². The quantitative estimate of drug-likeness (QED) is 0.761. The van der Waals surface area contributed by atoms with Crippen LogP contribution >= 0.6 is 0 Å². The average molecular weight is 352 g/mol. The molecule has 1 aliphatic heterocycles. The Hall–Kier alpha value is -2.47. The fourth-order valence-corrected chi connectivity index (χ4v) is 3.69. The van der Waals surface area contributed by atoms with E-state index >= 15 is 0 Å². The second-order valence-corrected chi connectivity index (χ2v) is 6.89. The van der Waals surface area contributed by atoms with Crippen molar-refractivity contribution in [3.8, 4) is 0 Å². The lowest BCUT2D eigenvalue weighted by Crippen LogP contribution is -2.39. The highest BCUT2D eigenvalue weighted by Crippen LogP contribution is 2.29. The van der Waals surface area contributed by atoms with Crippen LogP contribution in [0.5, 0.6) is 0 Å². The number of hydrogen-bond donors (Lipinski definition) is 1. The largest absolute Gasteiger partial charge is 0.422 e. The highest BCUT2D eigenvalue weighted by molar-refractivity contribution is 5.81. The highest BCUT2D eigenvalue weighted by Gasteiger charge is 2.27. The van der Waals surface area contributed by atoms with Crippen LogP contribution in [0.25, 0.3) is 11.2 Å². The Morgan fingerprint density at radius 1 is 1.19 bits per heavy atom. The van der Waals surface area contributed by atoms with Crippen molar-refractivity contribution in [3.63, 3.8) is 0 Å². The molecule has 4 rings (SSSR count). The lowest BCUT2D eigenvalue weighted by molar-refractivity contribution is 0.0929. The fraction of sp³-hybridized carbons (Fsp3) is 0.450. The Labute approximate surface area is 152 Å². The van der Waals surface area contributed by atoms with Crippen molar-refractivity contribution in [2.24, 2.45) is 5.92 Å². The molecule has 0 spiro atoms. The summed E-state index contributed by atoms with van der Waals surface area (Å²) in [5.74, 6) is 1.84. The van der Waals surface area contributed by atoms with E-state index in [1.54, 1.807) is 6.33 Å².